The highest BCUT2D eigenvalue weighted by molar-refractivity contribution is 7.53. The van der Waals surface area contributed by atoms with E-state index in [1.54, 1.807) is 24.3 Å². The number of hydrogen-bond donors (Lipinski definition) is 3. The first-order valence-corrected chi connectivity index (χ1v) is 22.8. The van der Waals surface area contributed by atoms with E-state index >= 15 is 0 Å². The molecule has 4 aliphatic carbocycles. The molecule has 7 unspecified atom stereocenters. The minimum atomic E-state index is -3.93. The van der Waals surface area contributed by atoms with E-state index in [1.807, 2.05) is 36.4 Å². The van der Waals surface area contributed by atoms with Crippen LogP contribution in [0.15, 0.2) is 60.7 Å². The number of carbonyl (C=O) groups excluding carboxylic acids is 2. The van der Waals surface area contributed by atoms with Crippen LogP contribution in [0, 0.1) is 52.3 Å². The number of aliphatic carboxylic acids is 1. The number of aliphatic hydroxyl groups is 2. The Labute approximate surface area is 337 Å². The van der Waals surface area contributed by atoms with Gasteiger partial charge in [0.15, 0.2) is 0 Å². The first kappa shape index (κ1) is 43.5. The van der Waals surface area contributed by atoms with Crippen molar-refractivity contribution in [3.8, 4) is 0 Å². The van der Waals surface area contributed by atoms with Crippen molar-refractivity contribution in [2.75, 3.05) is 13.0 Å². The van der Waals surface area contributed by atoms with Crippen LogP contribution in [-0.2, 0) is 50.7 Å². The molecule has 11 nitrogen and oxygen atoms in total. The van der Waals surface area contributed by atoms with Gasteiger partial charge in [-0.25, -0.2) is 0 Å². The average molecular weight is 811 g/mol. The lowest BCUT2D eigenvalue weighted by Crippen LogP contribution is -2.58. The predicted molar refractivity (Wildman–Crippen MR) is 213 cm³/mol. The van der Waals surface area contributed by atoms with E-state index in [9.17, 15) is 34.3 Å². The maximum Gasteiger partial charge on any atom is 0.332 e. The zero-order chi connectivity index (χ0) is 40.8. The fourth-order valence-corrected chi connectivity index (χ4v) is 13.4. The summed E-state index contributed by atoms with van der Waals surface area (Å²) in [5.74, 6) is -1.34. The molecule has 0 bridgehead atoms. The van der Waals surface area contributed by atoms with Crippen LogP contribution in [0.5, 0.6) is 0 Å². The summed E-state index contributed by atoms with van der Waals surface area (Å²) in [6, 6.07) is 18.2. The molecular weight excluding hydrogens is 747 g/mol. The maximum atomic E-state index is 13.9. The van der Waals surface area contributed by atoms with Gasteiger partial charge in [-0.1, -0.05) is 81.4 Å². The van der Waals surface area contributed by atoms with Gasteiger partial charge in [0.2, 0.25) is 6.79 Å². The van der Waals surface area contributed by atoms with Crippen LogP contribution in [0.4, 0.5) is 0 Å². The molecule has 3 N–H and O–H groups in total. The minimum absolute atomic E-state index is 0.0378. The highest BCUT2D eigenvalue weighted by Crippen LogP contribution is 2.68. The second-order valence-corrected chi connectivity index (χ2v) is 20.1. The number of carboxylic acids is 1. The molecule has 0 aliphatic heterocycles. The quantitative estimate of drug-likeness (QED) is 0.0750. The van der Waals surface area contributed by atoms with Gasteiger partial charge in [-0.15, -0.1) is 0 Å². The van der Waals surface area contributed by atoms with Crippen molar-refractivity contribution in [2.24, 2.45) is 52.3 Å². The van der Waals surface area contributed by atoms with Crippen LogP contribution in [0.25, 0.3) is 0 Å². The molecule has 0 heterocycles. The standard InChI is InChI=1S/C45H63O11P/c1-30(36-16-17-37-42-38(21-23-45(36,37)3)44(2)22-20-35(46)24-34(44)25-39(42)47)14-18-40(48)53-29-54-41(49)19-15-33(43(50)51)28-57(52,55-26-31-10-6-4-7-11-31)56-27-32-12-8-5-9-13-32/h4-13,30,33-39,42,46-47H,14-29H2,1-3H3,(H,50,51)/t30?,33?,34?,35-,36?,37?,38?,39+,42?,44+,45-/m1/s1. The molecular formula is C45H63O11P. The lowest BCUT2D eigenvalue weighted by atomic mass is 9.43. The molecule has 6 rings (SSSR count). The zero-order valence-electron chi connectivity index (χ0n) is 33.8. The normalized spacial score (nSPS) is 31.9. The van der Waals surface area contributed by atoms with Crippen molar-refractivity contribution in [3.05, 3.63) is 71.8 Å². The SMILES string of the molecule is CC(CCC(=O)OCOC(=O)CCC(CP(=O)(OCc1ccccc1)OCc1ccccc1)C(=O)O)C1CCC2C3C(CC[C@]12C)[C@@]1(C)CC[C@@H](O)CC1C[C@@H]3O. The van der Waals surface area contributed by atoms with E-state index in [2.05, 4.69) is 20.8 Å². The minimum Gasteiger partial charge on any atom is -0.481 e. The number of hydrogen-bond acceptors (Lipinski definition) is 10. The molecule has 0 radical (unpaired) electrons. The number of ether oxygens (including phenoxy) is 2. The molecule has 4 fully saturated rings. The number of carbonyl (C=O) groups is 3. The molecule has 0 aromatic heterocycles. The molecule has 4 saturated carbocycles. The Bertz CT molecular complexity index is 1660. The van der Waals surface area contributed by atoms with Crippen molar-refractivity contribution < 1.29 is 52.8 Å². The number of rotatable bonds is 18. The second-order valence-electron chi connectivity index (χ2n) is 18.0. The molecule has 0 spiro atoms. The first-order valence-electron chi connectivity index (χ1n) is 21.1. The Kier molecular flexibility index (Phi) is 14.4. The van der Waals surface area contributed by atoms with E-state index in [1.165, 1.54) is 0 Å². The molecule has 0 amide bonds. The van der Waals surface area contributed by atoms with Crippen LogP contribution in [0.3, 0.4) is 0 Å². The molecule has 12 heteroatoms. The largest absolute Gasteiger partial charge is 0.481 e. The van der Waals surface area contributed by atoms with Crippen molar-refractivity contribution in [1.82, 2.24) is 0 Å². The highest BCUT2D eigenvalue weighted by Gasteiger charge is 2.62. The van der Waals surface area contributed by atoms with Crippen LogP contribution in [-0.4, -0.2) is 58.4 Å². The van der Waals surface area contributed by atoms with Gasteiger partial charge in [-0.3, -0.25) is 18.9 Å². The van der Waals surface area contributed by atoms with E-state index in [-0.39, 0.29) is 67.3 Å². The summed E-state index contributed by atoms with van der Waals surface area (Å²) in [7, 11) is -3.93. The van der Waals surface area contributed by atoms with Gasteiger partial charge in [0.1, 0.15) is 0 Å². The predicted octanol–water partition coefficient (Wildman–Crippen LogP) is 8.54. The fraction of sp³-hybridized carbons (Fsp3) is 0.667. The third-order valence-corrected chi connectivity index (χ3v) is 16.6. The first-order chi connectivity index (χ1) is 27.2. The van der Waals surface area contributed by atoms with E-state index in [0.29, 0.717) is 30.1 Å². The van der Waals surface area contributed by atoms with Gasteiger partial charge in [-0.05, 0) is 122 Å². The fourth-order valence-electron chi connectivity index (χ4n) is 11.5. The maximum absolute atomic E-state index is 13.9. The smallest absolute Gasteiger partial charge is 0.332 e. The molecule has 0 saturated heterocycles. The van der Waals surface area contributed by atoms with Gasteiger partial charge in [-0.2, -0.15) is 0 Å². The van der Waals surface area contributed by atoms with Crippen molar-refractivity contribution in [2.45, 2.75) is 123 Å². The van der Waals surface area contributed by atoms with Crippen LogP contribution < -0.4 is 0 Å². The molecule has 2 aromatic carbocycles. The average Bonchev–Trinajstić information content (AvgIpc) is 3.55. The van der Waals surface area contributed by atoms with E-state index in [0.717, 1.165) is 62.5 Å². The van der Waals surface area contributed by atoms with Crippen LogP contribution in [0.1, 0.15) is 109 Å². The van der Waals surface area contributed by atoms with E-state index in [4.69, 9.17) is 18.5 Å². The van der Waals surface area contributed by atoms with Crippen molar-refractivity contribution in [1.29, 1.82) is 0 Å². The summed E-state index contributed by atoms with van der Waals surface area (Å²) in [5, 5.41) is 31.9. The van der Waals surface area contributed by atoms with Gasteiger partial charge in [0, 0.05) is 12.8 Å². The Balaban J connectivity index is 0.939. The second kappa shape index (κ2) is 18.9. The molecule has 11 atom stereocenters. The number of aliphatic hydroxyl groups excluding tert-OH is 2. The summed E-state index contributed by atoms with van der Waals surface area (Å²) >= 11 is 0. The van der Waals surface area contributed by atoms with Gasteiger partial charge in [0.25, 0.3) is 0 Å². The summed E-state index contributed by atoms with van der Waals surface area (Å²) in [6.07, 6.45) is 7.24. The van der Waals surface area contributed by atoms with E-state index < -0.39 is 44.4 Å². The van der Waals surface area contributed by atoms with Gasteiger partial charge < -0.3 is 33.8 Å². The molecule has 57 heavy (non-hydrogen) atoms. The Morgan fingerprint density at radius 2 is 1.33 bits per heavy atom. The van der Waals surface area contributed by atoms with Gasteiger partial charge in [0.05, 0.1) is 37.5 Å². The third-order valence-electron chi connectivity index (χ3n) is 14.7. The number of esters is 2. The monoisotopic (exact) mass is 810 g/mol. The van der Waals surface area contributed by atoms with Gasteiger partial charge >= 0.3 is 25.5 Å². The van der Waals surface area contributed by atoms with Crippen LogP contribution in [0.2, 0.25) is 0 Å². The lowest BCUT2D eigenvalue weighted by Gasteiger charge is -2.62. The zero-order valence-corrected chi connectivity index (χ0v) is 34.7. The molecule has 314 valence electrons. The molecule has 2 aromatic rings. The van der Waals surface area contributed by atoms with Crippen LogP contribution >= 0.6 is 7.60 Å². The Hall–Kier alpha value is -3.08. The number of fused-ring (bicyclic) bond motifs is 5. The number of benzene rings is 2. The molecule has 4 aliphatic rings. The summed E-state index contributed by atoms with van der Waals surface area (Å²) in [4.78, 5) is 37.6. The number of carboxylic acid groups (broad SMARTS) is 1. The Morgan fingerprint density at radius 3 is 1.93 bits per heavy atom. The topological polar surface area (TPSA) is 166 Å². The lowest BCUT2D eigenvalue weighted by molar-refractivity contribution is -0.174. The Morgan fingerprint density at radius 1 is 0.772 bits per heavy atom. The summed E-state index contributed by atoms with van der Waals surface area (Å²) in [5.41, 5.74) is 1.78. The summed E-state index contributed by atoms with van der Waals surface area (Å²) < 4.78 is 35.8. The summed E-state index contributed by atoms with van der Waals surface area (Å²) in [6.45, 7) is 6.41. The third kappa shape index (κ3) is 10.4. The highest BCUT2D eigenvalue weighted by atomic mass is 31.2. The van der Waals surface area contributed by atoms with Crippen molar-refractivity contribution in [3.63, 3.8) is 0 Å². The van der Waals surface area contributed by atoms with Crippen molar-refractivity contribution >= 4 is 25.5 Å².